The van der Waals surface area contributed by atoms with Crippen LogP contribution in [0.5, 0.6) is 0 Å². The van der Waals surface area contributed by atoms with Crippen molar-refractivity contribution in [2.24, 2.45) is 0 Å². The zero-order chi connectivity index (χ0) is 50.6. The van der Waals surface area contributed by atoms with E-state index in [0.717, 1.165) is 0 Å². The lowest BCUT2D eigenvalue weighted by Gasteiger charge is -2.29. The SMILES string of the molecule is C[N+]1(CCCc2ccc(CCC[N+]3(C)CCCC3)cc2)CCCC1.C[N+]1(CCCc2cccc(CCC[N+]3(C)CCCC3)c2)CCCC1.C[N+]1(CCCc2ccccc2CCC[N+]2(C)CCCC2)CCCC1. The molecule has 402 valence electrons. The number of aryl methyl sites for hydroxylation is 6. The molecule has 72 heavy (non-hydrogen) atoms. The van der Waals surface area contributed by atoms with Gasteiger partial charge >= 0.3 is 0 Å². The first-order valence-electron chi connectivity index (χ1n) is 31.0. The predicted octanol–water partition coefficient (Wildman–Crippen LogP) is 12.1. The third-order valence-electron chi connectivity index (χ3n) is 19.9. The van der Waals surface area contributed by atoms with Crippen LogP contribution in [0.15, 0.2) is 72.8 Å². The molecule has 6 heterocycles. The van der Waals surface area contributed by atoms with E-state index in [9.17, 15) is 0 Å². The highest BCUT2D eigenvalue weighted by molar-refractivity contribution is 5.27. The van der Waals surface area contributed by atoms with E-state index in [2.05, 4.69) is 115 Å². The Morgan fingerprint density at radius 1 is 0.250 bits per heavy atom. The molecule has 0 aromatic heterocycles. The first kappa shape index (κ1) is 57.1. The summed E-state index contributed by atoms with van der Waals surface area (Å²) in [6, 6.07) is 28.2. The van der Waals surface area contributed by atoms with Crippen molar-refractivity contribution in [2.45, 2.75) is 154 Å². The number of hydrogen-bond donors (Lipinski definition) is 0. The number of nitrogens with zero attached hydrogens (tertiary/aromatic N) is 6. The van der Waals surface area contributed by atoms with E-state index in [0.29, 0.717) is 0 Å². The van der Waals surface area contributed by atoms with Crippen LogP contribution in [-0.2, 0) is 38.5 Å². The fraction of sp³-hybridized carbons (Fsp3) is 0.727. The van der Waals surface area contributed by atoms with Crippen molar-refractivity contribution in [3.8, 4) is 0 Å². The molecule has 6 saturated heterocycles. The van der Waals surface area contributed by atoms with Gasteiger partial charge in [0.05, 0.1) is 160 Å². The van der Waals surface area contributed by atoms with Gasteiger partial charge in [-0.2, -0.15) is 0 Å². The molecular weight excluding hydrogens is 877 g/mol. The van der Waals surface area contributed by atoms with Crippen LogP contribution in [-0.4, -0.2) is 187 Å². The quantitative estimate of drug-likeness (QED) is 0.0785. The number of benzene rings is 3. The van der Waals surface area contributed by atoms with Gasteiger partial charge in [0.1, 0.15) is 0 Å². The number of hydrogen-bond acceptors (Lipinski definition) is 0. The van der Waals surface area contributed by atoms with Gasteiger partial charge in [0.25, 0.3) is 0 Å². The maximum Gasteiger partial charge on any atom is 0.0787 e. The van der Waals surface area contributed by atoms with Gasteiger partial charge in [-0.05, 0) is 71.9 Å². The standard InChI is InChI=1S/3C22H38N2/c1-23(14-3-4-15-23)18-8-12-21-10-7-11-22(20-21)13-9-19-24(2)16-5-6-17-24;1-23(15-3-4-16-23)19-7-9-21-11-13-22(14-12-21)10-8-20-24(2)17-5-6-18-24;1-23(15-5-6-16-23)19-9-13-21-11-3-4-12-22(21)14-10-20-24(2)17-7-8-18-24/h7,10-11,20H,3-6,8-9,12-19H2,1-2H3;11-14H,3-10,15-20H2,1-2H3;3-4,11-12H,5-10,13-20H2,1-2H3/q3*+2. The molecule has 0 aliphatic carbocycles. The molecule has 3 aromatic carbocycles. The third-order valence-corrected chi connectivity index (χ3v) is 19.9. The lowest BCUT2D eigenvalue weighted by molar-refractivity contribution is -0.897. The van der Waals surface area contributed by atoms with Gasteiger partial charge in [0.2, 0.25) is 0 Å². The monoisotopic (exact) mass is 991 g/mol. The second-order valence-electron chi connectivity index (χ2n) is 27.0. The summed E-state index contributed by atoms with van der Waals surface area (Å²) in [6.07, 6.45) is 32.8. The number of rotatable bonds is 24. The topological polar surface area (TPSA) is 0 Å². The van der Waals surface area contributed by atoms with Gasteiger partial charge in [-0.1, -0.05) is 72.8 Å². The van der Waals surface area contributed by atoms with Gasteiger partial charge in [-0.3, -0.25) is 0 Å². The highest BCUT2D eigenvalue weighted by Gasteiger charge is 2.30. The minimum absolute atomic E-state index is 1.25. The van der Waals surface area contributed by atoms with Crippen molar-refractivity contribution >= 4 is 0 Å². The summed E-state index contributed by atoms with van der Waals surface area (Å²) in [6.45, 7) is 25.0. The van der Waals surface area contributed by atoms with Crippen LogP contribution in [0.4, 0.5) is 0 Å². The van der Waals surface area contributed by atoms with Crippen molar-refractivity contribution in [1.82, 2.24) is 0 Å². The van der Waals surface area contributed by atoms with Crippen LogP contribution in [0.3, 0.4) is 0 Å². The summed E-state index contributed by atoms with van der Waals surface area (Å²) in [4.78, 5) is 0. The Labute approximate surface area is 445 Å². The molecule has 0 bridgehead atoms. The van der Waals surface area contributed by atoms with Crippen molar-refractivity contribution < 1.29 is 26.9 Å². The molecule has 0 saturated carbocycles. The molecule has 0 atom stereocenters. The highest BCUT2D eigenvalue weighted by Crippen LogP contribution is 2.24. The minimum atomic E-state index is 1.25. The zero-order valence-corrected chi connectivity index (χ0v) is 48.3. The molecule has 6 heteroatoms. The van der Waals surface area contributed by atoms with Crippen molar-refractivity contribution in [2.75, 3.05) is 160 Å². The highest BCUT2D eigenvalue weighted by atomic mass is 15.4. The zero-order valence-electron chi connectivity index (χ0n) is 48.3. The summed E-state index contributed by atoms with van der Waals surface area (Å²) in [5.41, 5.74) is 9.41. The van der Waals surface area contributed by atoms with Gasteiger partial charge < -0.3 is 26.9 Å². The van der Waals surface area contributed by atoms with Crippen LogP contribution in [0, 0.1) is 0 Å². The Hall–Kier alpha value is -2.58. The smallest absolute Gasteiger partial charge is 0.0787 e. The Bertz CT molecular complexity index is 1830. The molecular formula is C66H114N6+6. The normalized spacial score (nSPS) is 22.1. The lowest BCUT2D eigenvalue weighted by atomic mass is 9.98. The van der Waals surface area contributed by atoms with Crippen LogP contribution >= 0.6 is 0 Å². The van der Waals surface area contributed by atoms with Crippen LogP contribution in [0.1, 0.15) is 149 Å². The van der Waals surface area contributed by atoms with E-state index in [4.69, 9.17) is 0 Å². The first-order valence-corrected chi connectivity index (χ1v) is 31.0. The summed E-state index contributed by atoms with van der Waals surface area (Å²) in [5.74, 6) is 0. The van der Waals surface area contributed by atoms with Gasteiger partial charge in [-0.15, -0.1) is 0 Å². The minimum Gasteiger partial charge on any atom is -0.326 e. The summed E-state index contributed by atoms with van der Waals surface area (Å²) in [5, 5.41) is 0. The summed E-state index contributed by atoms with van der Waals surface area (Å²) < 4.78 is 7.90. The molecule has 9 rings (SSSR count). The average Bonchev–Trinajstić information content (AvgIpc) is 4.26. The van der Waals surface area contributed by atoms with E-state index in [1.54, 1.807) is 22.3 Å². The van der Waals surface area contributed by atoms with E-state index in [1.807, 2.05) is 0 Å². The molecule has 0 unspecified atom stereocenters. The van der Waals surface area contributed by atoms with E-state index in [1.165, 1.54) is 310 Å². The maximum absolute atomic E-state index is 2.48. The van der Waals surface area contributed by atoms with Crippen molar-refractivity contribution in [3.63, 3.8) is 0 Å². The largest absolute Gasteiger partial charge is 0.326 e. The molecule has 6 fully saturated rings. The Morgan fingerprint density at radius 2 is 0.472 bits per heavy atom. The maximum atomic E-state index is 2.48. The Kier molecular flexibility index (Phi) is 22.2. The fourth-order valence-corrected chi connectivity index (χ4v) is 14.8. The fourth-order valence-electron chi connectivity index (χ4n) is 14.8. The molecule has 3 aromatic rings. The van der Waals surface area contributed by atoms with Gasteiger partial charge in [0, 0.05) is 116 Å². The lowest BCUT2D eigenvalue weighted by Crippen LogP contribution is -2.41. The van der Waals surface area contributed by atoms with Crippen LogP contribution in [0.2, 0.25) is 0 Å². The van der Waals surface area contributed by atoms with Crippen molar-refractivity contribution in [3.05, 3.63) is 106 Å². The molecule has 0 N–H and O–H groups in total. The number of quaternary nitrogens is 6. The molecule has 6 aliphatic heterocycles. The molecule has 0 spiro atoms. The molecule has 0 radical (unpaired) electrons. The third kappa shape index (κ3) is 19.2. The first-order chi connectivity index (χ1) is 34.7. The molecule has 6 nitrogen and oxygen atoms in total. The Morgan fingerprint density at radius 3 is 0.722 bits per heavy atom. The summed E-state index contributed by atoms with van der Waals surface area (Å²) in [7, 11) is 14.7. The second kappa shape index (κ2) is 28.0. The van der Waals surface area contributed by atoms with Gasteiger partial charge in [-0.25, -0.2) is 0 Å². The molecule has 6 aliphatic rings. The van der Waals surface area contributed by atoms with E-state index in [-0.39, 0.29) is 0 Å². The van der Waals surface area contributed by atoms with E-state index >= 15 is 0 Å². The van der Waals surface area contributed by atoms with Crippen molar-refractivity contribution in [1.29, 1.82) is 0 Å². The second-order valence-corrected chi connectivity index (χ2v) is 27.0. The van der Waals surface area contributed by atoms with Gasteiger partial charge in [0.15, 0.2) is 0 Å². The van der Waals surface area contributed by atoms with E-state index < -0.39 is 0 Å². The number of likely N-dealkylation sites (tertiary alicyclic amines) is 6. The van der Waals surface area contributed by atoms with Crippen LogP contribution < -0.4 is 0 Å². The Balaban J connectivity index is 0.000000158. The summed E-state index contributed by atoms with van der Waals surface area (Å²) >= 11 is 0. The average molecular weight is 992 g/mol. The predicted molar refractivity (Wildman–Crippen MR) is 309 cm³/mol. The van der Waals surface area contributed by atoms with Crippen LogP contribution in [0.25, 0.3) is 0 Å². The molecule has 0 amide bonds.